The van der Waals surface area contributed by atoms with Crippen molar-refractivity contribution in [2.75, 3.05) is 7.11 Å². The largest absolute Gasteiger partial charge is 0.497 e. The number of benzene rings is 2. The molecule has 3 aliphatic rings. The molecule has 5 rings (SSSR count). The van der Waals surface area contributed by atoms with E-state index in [2.05, 4.69) is 30.4 Å². The Morgan fingerprint density at radius 2 is 1.94 bits per heavy atom. The van der Waals surface area contributed by atoms with Crippen molar-refractivity contribution in [3.63, 3.8) is 0 Å². The number of carbonyl (C=O) groups is 2. The first-order valence-corrected chi connectivity index (χ1v) is 13.5. The van der Waals surface area contributed by atoms with Crippen LogP contribution in [0.2, 0.25) is 0 Å². The lowest BCUT2D eigenvalue weighted by molar-refractivity contribution is -0.129. The molecule has 1 amide bonds. The van der Waals surface area contributed by atoms with E-state index < -0.39 is 0 Å². The summed E-state index contributed by atoms with van der Waals surface area (Å²) in [4.78, 5) is 25.5. The molecule has 0 radical (unpaired) electrons. The van der Waals surface area contributed by atoms with Gasteiger partial charge in [0.1, 0.15) is 11.5 Å². The highest BCUT2D eigenvalue weighted by atomic mass is 16.5. The second-order valence-electron chi connectivity index (χ2n) is 11.3. The van der Waals surface area contributed by atoms with E-state index in [1.165, 1.54) is 17.5 Å². The fourth-order valence-electron chi connectivity index (χ4n) is 7.59. The lowest BCUT2D eigenvalue weighted by atomic mass is 9.54. The van der Waals surface area contributed by atoms with E-state index in [9.17, 15) is 9.59 Å². The van der Waals surface area contributed by atoms with Crippen molar-refractivity contribution in [2.45, 2.75) is 77.2 Å². The number of carbonyl (C=O) groups excluding carboxylic acids is 2. The number of hydrogen-bond donors (Lipinski definition) is 1. The third kappa shape index (κ3) is 4.77. The molecule has 2 aromatic carbocycles. The van der Waals surface area contributed by atoms with Gasteiger partial charge >= 0.3 is 0 Å². The smallest absolute Gasteiger partial charge is 0.220 e. The van der Waals surface area contributed by atoms with Crippen LogP contribution >= 0.6 is 0 Å². The zero-order chi connectivity index (χ0) is 24.4. The molecule has 0 aromatic heterocycles. The van der Waals surface area contributed by atoms with Gasteiger partial charge in [0, 0.05) is 24.8 Å². The molecule has 0 bridgehead atoms. The Morgan fingerprint density at radius 3 is 2.74 bits per heavy atom. The van der Waals surface area contributed by atoms with Gasteiger partial charge in [-0.05, 0) is 91.0 Å². The maximum absolute atomic E-state index is 13.2. The topological polar surface area (TPSA) is 55.4 Å². The van der Waals surface area contributed by atoms with Gasteiger partial charge < -0.3 is 10.1 Å². The fourth-order valence-corrected chi connectivity index (χ4v) is 7.59. The molecule has 4 nitrogen and oxygen atoms in total. The predicted octanol–water partition coefficient (Wildman–Crippen LogP) is 6.22. The van der Waals surface area contributed by atoms with Crippen LogP contribution in [-0.2, 0) is 22.6 Å². The van der Waals surface area contributed by atoms with Crippen LogP contribution in [0.5, 0.6) is 5.75 Å². The van der Waals surface area contributed by atoms with Crippen LogP contribution < -0.4 is 10.1 Å². The normalized spacial score (nSPS) is 29.1. The van der Waals surface area contributed by atoms with Crippen LogP contribution in [-0.4, -0.2) is 18.8 Å². The molecule has 2 saturated carbocycles. The van der Waals surface area contributed by atoms with Crippen molar-refractivity contribution in [3.05, 3.63) is 65.2 Å². The van der Waals surface area contributed by atoms with Crippen LogP contribution in [0.25, 0.3) is 0 Å². The molecule has 3 aliphatic carbocycles. The monoisotopic (exact) mass is 473 g/mol. The highest BCUT2D eigenvalue weighted by molar-refractivity contribution is 5.87. The quantitative estimate of drug-likeness (QED) is 0.463. The number of nitrogens with one attached hydrogen (secondary N) is 1. The second-order valence-corrected chi connectivity index (χ2v) is 11.3. The number of aryl methyl sites for hydroxylation is 1. The van der Waals surface area contributed by atoms with Crippen LogP contribution in [0.4, 0.5) is 0 Å². The Balaban J connectivity index is 1.19. The Morgan fingerprint density at radius 1 is 1.11 bits per heavy atom. The maximum Gasteiger partial charge on any atom is 0.220 e. The van der Waals surface area contributed by atoms with Crippen molar-refractivity contribution in [2.24, 2.45) is 23.2 Å². The molecule has 3 unspecified atom stereocenters. The van der Waals surface area contributed by atoms with Gasteiger partial charge in [-0.1, -0.05) is 49.7 Å². The molecule has 35 heavy (non-hydrogen) atoms. The number of hydrogen-bond acceptors (Lipinski definition) is 3. The van der Waals surface area contributed by atoms with Crippen molar-refractivity contribution < 1.29 is 14.3 Å². The first-order valence-electron chi connectivity index (χ1n) is 13.5. The van der Waals surface area contributed by atoms with E-state index >= 15 is 0 Å². The molecule has 1 N–H and O–H groups in total. The number of fused-ring (bicyclic) bond motifs is 5. The second kappa shape index (κ2) is 10.2. The highest BCUT2D eigenvalue weighted by Crippen LogP contribution is 2.62. The van der Waals surface area contributed by atoms with E-state index in [0.29, 0.717) is 42.4 Å². The summed E-state index contributed by atoms with van der Waals surface area (Å²) < 4.78 is 5.47. The number of rotatable bonds is 8. The Kier molecular flexibility index (Phi) is 7.00. The van der Waals surface area contributed by atoms with Crippen molar-refractivity contribution in [3.8, 4) is 5.75 Å². The zero-order valence-electron chi connectivity index (χ0n) is 21.2. The zero-order valence-corrected chi connectivity index (χ0v) is 21.2. The third-order valence-electron chi connectivity index (χ3n) is 9.34. The number of methoxy groups -OCH3 is 1. The average Bonchev–Trinajstić information content (AvgIpc) is 3.15. The summed E-state index contributed by atoms with van der Waals surface area (Å²) >= 11 is 0. The minimum atomic E-state index is -0.150. The van der Waals surface area contributed by atoms with Crippen LogP contribution in [0.3, 0.4) is 0 Å². The number of ether oxygens (including phenoxy) is 1. The summed E-state index contributed by atoms with van der Waals surface area (Å²) in [6, 6.07) is 16.7. The van der Waals surface area contributed by atoms with Crippen LogP contribution in [0, 0.1) is 23.2 Å². The van der Waals surface area contributed by atoms with Gasteiger partial charge in [-0.15, -0.1) is 0 Å². The van der Waals surface area contributed by atoms with E-state index in [1.807, 2.05) is 30.3 Å². The van der Waals surface area contributed by atoms with E-state index in [4.69, 9.17) is 4.74 Å². The molecule has 2 aromatic rings. The molecule has 2 fully saturated rings. The van der Waals surface area contributed by atoms with Crippen LogP contribution in [0.1, 0.15) is 80.9 Å². The summed E-state index contributed by atoms with van der Waals surface area (Å²) in [6.45, 7) is 2.85. The molecule has 0 saturated heterocycles. The molecule has 0 aliphatic heterocycles. The van der Waals surface area contributed by atoms with Gasteiger partial charge in [0.15, 0.2) is 0 Å². The van der Waals surface area contributed by atoms with Gasteiger partial charge in [0.2, 0.25) is 5.91 Å². The summed E-state index contributed by atoms with van der Waals surface area (Å²) in [7, 11) is 1.74. The Bertz CT molecular complexity index is 1060. The first-order chi connectivity index (χ1) is 17.0. The number of Topliss-reactive ketones (excluding diaryl/α,β-unsaturated/α-hetero) is 1. The van der Waals surface area contributed by atoms with Gasteiger partial charge in [0.05, 0.1) is 7.11 Å². The van der Waals surface area contributed by atoms with Gasteiger partial charge in [0.25, 0.3) is 0 Å². The number of ketones is 1. The Hall–Kier alpha value is -2.62. The molecule has 0 heterocycles. The number of unbranched alkanes of at least 4 members (excludes halogenated alkanes) is 1. The van der Waals surface area contributed by atoms with Gasteiger partial charge in [-0.25, -0.2) is 0 Å². The van der Waals surface area contributed by atoms with Crippen molar-refractivity contribution in [1.82, 2.24) is 5.32 Å². The molecular formula is C31H39NO3. The van der Waals surface area contributed by atoms with E-state index in [1.54, 1.807) is 7.11 Å². The predicted molar refractivity (Wildman–Crippen MR) is 138 cm³/mol. The Labute approximate surface area is 209 Å². The van der Waals surface area contributed by atoms with Crippen molar-refractivity contribution >= 4 is 11.7 Å². The lowest BCUT2D eigenvalue weighted by Gasteiger charge is -2.50. The minimum Gasteiger partial charge on any atom is -0.497 e. The summed E-state index contributed by atoms with van der Waals surface area (Å²) in [5.74, 6) is 3.68. The first kappa shape index (κ1) is 24.1. The standard InChI is InChI=1S/C31H39NO3/c1-31-17-16-26-25-15-13-24(35-2)18-22(25)12-14-27(26)30(31)23(19-28(31)33)10-6-7-11-29(34)32-20-21-8-4-3-5-9-21/h3-5,8-9,13,15,18,23,26-27,30H,6-7,10-12,14,16-17,19-20H2,1-2H3,(H,32,34)/t23-,26?,27?,30?,31-/m1/s1. The minimum absolute atomic E-state index is 0.123. The summed E-state index contributed by atoms with van der Waals surface area (Å²) in [6.07, 6.45) is 8.69. The van der Waals surface area contributed by atoms with E-state index in [-0.39, 0.29) is 11.3 Å². The number of amides is 1. The molecule has 186 valence electrons. The van der Waals surface area contributed by atoms with E-state index in [0.717, 1.165) is 56.3 Å². The van der Waals surface area contributed by atoms with Crippen LogP contribution in [0.15, 0.2) is 48.5 Å². The van der Waals surface area contributed by atoms with Crippen molar-refractivity contribution in [1.29, 1.82) is 0 Å². The summed E-state index contributed by atoms with van der Waals surface area (Å²) in [5, 5.41) is 3.04. The van der Waals surface area contributed by atoms with Gasteiger partial charge in [-0.2, -0.15) is 0 Å². The maximum atomic E-state index is 13.2. The third-order valence-corrected chi connectivity index (χ3v) is 9.34. The fraction of sp³-hybridized carbons (Fsp3) is 0.548. The molecule has 5 atom stereocenters. The van der Waals surface area contributed by atoms with Gasteiger partial charge in [-0.3, -0.25) is 9.59 Å². The summed E-state index contributed by atoms with van der Waals surface area (Å²) in [5.41, 5.74) is 3.92. The highest BCUT2D eigenvalue weighted by Gasteiger charge is 2.58. The SMILES string of the molecule is COc1ccc2c(c1)CCC1C2CC[C@]2(C)C(=O)C[C@@H](CCCCC(=O)NCc3ccccc3)C12. The lowest BCUT2D eigenvalue weighted by Crippen LogP contribution is -2.44. The molecule has 4 heteroatoms. The molecule has 0 spiro atoms. The molecular weight excluding hydrogens is 434 g/mol. The average molecular weight is 474 g/mol.